The number of nitrogens with one attached hydrogen (secondary N) is 1. The van der Waals surface area contributed by atoms with Crippen molar-refractivity contribution >= 4 is 5.69 Å². The van der Waals surface area contributed by atoms with Crippen molar-refractivity contribution in [2.45, 2.75) is 32.2 Å². The lowest BCUT2D eigenvalue weighted by Crippen LogP contribution is -2.19. The van der Waals surface area contributed by atoms with Crippen molar-refractivity contribution < 1.29 is 9.34 Å². The Hall–Kier alpha value is -2.21. The molecule has 0 spiro atoms. The number of aryl methyl sites for hydroxylation is 1. The predicted molar refractivity (Wildman–Crippen MR) is 78.1 cm³/mol. The number of nitro groups is 1. The second-order valence-electron chi connectivity index (χ2n) is 5.36. The van der Waals surface area contributed by atoms with E-state index in [4.69, 9.17) is 4.42 Å². The fourth-order valence-corrected chi connectivity index (χ4v) is 2.24. The number of hydrogen-bond acceptors (Lipinski definition) is 5. The van der Waals surface area contributed by atoms with Crippen molar-refractivity contribution in [1.29, 1.82) is 0 Å². The van der Waals surface area contributed by atoms with Gasteiger partial charge in [0, 0.05) is 36.2 Å². The van der Waals surface area contributed by atoms with E-state index in [2.05, 4.69) is 10.3 Å². The minimum absolute atomic E-state index is 0.118. The number of aromatic nitrogens is 1. The maximum Gasteiger partial charge on any atom is 0.272 e. The Morgan fingerprint density at radius 3 is 2.95 bits per heavy atom. The van der Waals surface area contributed by atoms with Gasteiger partial charge in [0.15, 0.2) is 11.7 Å². The first kappa shape index (κ1) is 13.8. The SMILES string of the molecule is Cc1cc(-c2cnc(CCNC3CC3)o2)ccc1[N+](=O)[O-]. The fourth-order valence-electron chi connectivity index (χ4n) is 2.24. The highest BCUT2D eigenvalue weighted by atomic mass is 16.6. The van der Waals surface area contributed by atoms with Crippen LogP contribution in [0, 0.1) is 17.0 Å². The summed E-state index contributed by atoms with van der Waals surface area (Å²) in [4.78, 5) is 14.7. The number of hydrogen-bond donors (Lipinski definition) is 1. The van der Waals surface area contributed by atoms with Gasteiger partial charge in [-0.25, -0.2) is 4.98 Å². The molecule has 0 aliphatic heterocycles. The molecule has 1 aliphatic carbocycles. The highest BCUT2D eigenvalue weighted by Crippen LogP contribution is 2.26. The van der Waals surface area contributed by atoms with E-state index in [0.29, 0.717) is 23.3 Å². The molecule has 1 fully saturated rings. The van der Waals surface area contributed by atoms with Gasteiger partial charge < -0.3 is 9.73 Å². The van der Waals surface area contributed by atoms with Crippen molar-refractivity contribution in [1.82, 2.24) is 10.3 Å². The van der Waals surface area contributed by atoms with Gasteiger partial charge in [-0.15, -0.1) is 0 Å². The van der Waals surface area contributed by atoms with Gasteiger partial charge in [-0.1, -0.05) is 0 Å². The van der Waals surface area contributed by atoms with Crippen molar-refractivity contribution in [2.24, 2.45) is 0 Å². The van der Waals surface area contributed by atoms with Crippen LogP contribution in [0.5, 0.6) is 0 Å². The molecule has 0 saturated heterocycles. The number of nitro benzene ring substituents is 1. The smallest absolute Gasteiger partial charge is 0.272 e. The van der Waals surface area contributed by atoms with Gasteiger partial charge in [-0.2, -0.15) is 0 Å². The van der Waals surface area contributed by atoms with Crippen LogP contribution in [0.15, 0.2) is 28.8 Å². The molecule has 1 aromatic heterocycles. The van der Waals surface area contributed by atoms with Gasteiger partial charge in [0.2, 0.25) is 0 Å². The zero-order valence-corrected chi connectivity index (χ0v) is 11.8. The maximum atomic E-state index is 10.8. The summed E-state index contributed by atoms with van der Waals surface area (Å²) < 4.78 is 5.71. The molecule has 21 heavy (non-hydrogen) atoms. The summed E-state index contributed by atoms with van der Waals surface area (Å²) in [6.45, 7) is 2.59. The van der Waals surface area contributed by atoms with Crippen LogP contribution in [-0.2, 0) is 6.42 Å². The Labute approximate surface area is 122 Å². The van der Waals surface area contributed by atoms with Gasteiger partial charge >= 0.3 is 0 Å². The van der Waals surface area contributed by atoms with Crippen LogP contribution in [0.25, 0.3) is 11.3 Å². The quantitative estimate of drug-likeness (QED) is 0.652. The highest BCUT2D eigenvalue weighted by molar-refractivity contribution is 5.61. The van der Waals surface area contributed by atoms with Gasteiger partial charge in [0.25, 0.3) is 5.69 Å². The van der Waals surface area contributed by atoms with Crippen molar-refractivity contribution in [3.05, 3.63) is 46.0 Å². The van der Waals surface area contributed by atoms with Crippen molar-refractivity contribution in [2.75, 3.05) is 6.54 Å². The molecule has 110 valence electrons. The molecule has 0 unspecified atom stereocenters. The molecule has 6 nitrogen and oxygen atoms in total. The molecule has 1 N–H and O–H groups in total. The predicted octanol–water partition coefficient (Wildman–Crippen LogP) is 2.85. The van der Waals surface area contributed by atoms with E-state index in [-0.39, 0.29) is 10.6 Å². The van der Waals surface area contributed by atoms with Crippen LogP contribution >= 0.6 is 0 Å². The normalized spacial score (nSPS) is 14.3. The molecule has 0 bridgehead atoms. The van der Waals surface area contributed by atoms with Gasteiger partial charge in [0.1, 0.15) is 0 Å². The minimum atomic E-state index is -0.380. The number of rotatable bonds is 6. The van der Waals surface area contributed by atoms with Gasteiger partial charge in [0.05, 0.1) is 11.1 Å². The lowest BCUT2D eigenvalue weighted by Gasteiger charge is -2.01. The van der Waals surface area contributed by atoms with E-state index >= 15 is 0 Å². The fraction of sp³-hybridized carbons (Fsp3) is 0.400. The van der Waals surface area contributed by atoms with E-state index in [1.165, 1.54) is 18.9 Å². The topological polar surface area (TPSA) is 81.2 Å². The monoisotopic (exact) mass is 287 g/mol. The Balaban J connectivity index is 1.69. The van der Waals surface area contributed by atoms with Crippen LogP contribution in [0.4, 0.5) is 5.69 Å². The molecule has 0 atom stereocenters. The molecule has 1 heterocycles. The highest BCUT2D eigenvalue weighted by Gasteiger charge is 2.20. The second kappa shape index (κ2) is 5.65. The molecule has 3 rings (SSSR count). The third kappa shape index (κ3) is 3.28. The average Bonchev–Trinajstić information content (AvgIpc) is 3.14. The first-order valence-electron chi connectivity index (χ1n) is 7.07. The van der Waals surface area contributed by atoms with Crippen molar-refractivity contribution in [3.8, 4) is 11.3 Å². The molecular formula is C15H17N3O3. The summed E-state index contributed by atoms with van der Waals surface area (Å²) in [5, 5.41) is 14.2. The first-order valence-corrected chi connectivity index (χ1v) is 7.07. The van der Waals surface area contributed by atoms with Crippen LogP contribution in [0.1, 0.15) is 24.3 Å². The zero-order chi connectivity index (χ0) is 14.8. The molecule has 6 heteroatoms. The molecular weight excluding hydrogens is 270 g/mol. The van der Waals surface area contributed by atoms with Crippen molar-refractivity contribution in [3.63, 3.8) is 0 Å². The van der Waals surface area contributed by atoms with Crippen LogP contribution < -0.4 is 5.32 Å². The van der Waals surface area contributed by atoms with E-state index in [1.807, 2.05) is 0 Å². The summed E-state index contributed by atoms with van der Waals surface area (Å²) >= 11 is 0. The standard InChI is InChI=1S/C15H17N3O3/c1-10-8-11(2-5-13(10)18(19)20)14-9-17-15(21-14)6-7-16-12-3-4-12/h2,5,8-9,12,16H,3-4,6-7H2,1H3. The lowest BCUT2D eigenvalue weighted by molar-refractivity contribution is -0.385. The van der Waals surface area contributed by atoms with Gasteiger partial charge in [-0.05, 0) is 31.9 Å². The molecule has 2 aromatic rings. The van der Waals surface area contributed by atoms with E-state index in [1.54, 1.807) is 25.3 Å². The first-order chi connectivity index (χ1) is 10.1. The maximum absolute atomic E-state index is 10.8. The summed E-state index contributed by atoms with van der Waals surface area (Å²) in [6, 6.07) is 5.63. The third-order valence-corrected chi connectivity index (χ3v) is 3.58. The Morgan fingerprint density at radius 2 is 2.29 bits per heavy atom. The minimum Gasteiger partial charge on any atom is -0.441 e. The number of nitrogens with zero attached hydrogens (tertiary/aromatic N) is 2. The Kier molecular flexibility index (Phi) is 3.70. The third-order valence-electron chi connectivity index (χ3n) is 3.58. The number of oxazole rings is 1. The molecule has 0 amide bonds. The summed E-state index contributed by atoms with van der Waals surface area (Å²) in [5.41, 5.74) is 1.55. The second-order valence-corrected chi connectivity index (χ2v) is 5.36. The molecule has 1 aromatic carbocycles. The van der Waals surface area contributed by atoms with Crippen LogP contribution in [0.2, 0.25) is 0 Å². The summed E-state index contributed by atoms with van der Waals surface area (Å²) in [5.74, 6) is 1.34. The average molecular weight is 287 g/mol. The van der Waals surface area contributed by atoms with E-state index in [9.17, 15) is 10.1 Å². The van der Waals surface area contributed by atoms with E-state index < -0.39 is 0 Å². The Morgan fingerprint density at radius 1 is 1.48 bits per heavy atom. The number of benzene rings is 1. The molecule has 1 aliphatic rings. The largest absolute Gasteiger partial charge is 0.441 e. The van der Waals surface area contributed by atoms with Crippen LogP contribution in [-0.4, -0.2) is 22.5 Å². The summed E-state index contributed by atoms with van der Waals surface area (Å²) in [6.07, 6.45) is 4.95. The molecule has 1 saturated carbocycles. The Bertz CT molecular complexity index is 662. The summed E-state index contributed by atoms with van der Waals surface area (Å²) in [7, 11) is 0. The lowest BCUT2D eigenvalue weighted by atomic mass is 10.1. The molecule has 0 radical (unpaired) electrons. The van der Waals surface area contributed by atoms with E-state index in [0.717, 1.165) is 18.5 Å². The van der Waals surface area contributed by atoms with Crippen LogP contribution in [0.3, 0.4) is 0 Å². The zero-order valence-electron chi connectivity index (χ0n) is 11.8. The van der Waals surface area contributed by atoms with Gasteiger partial charge in [-0.3, -0.25) is 10.1 Å².